The van der Waals surface area contributed by atoms with Crippen LogP contribution >= 0.6 is 15.9 Å². The van der Waals surface area contributed by atoms with Crippen LogP contribution in [0.4, 0.5) is 10.5 Å². The first-order chi connectivity index (χ1) is 10.2. The molecule has 2 atom stereocenters. The van der Waals surface area contributed by atoms with Crippen molar-refractivity contribution in [1.82, 2.24) is 5.32 Å². The lowest BCUT2D eigenvalue weighted by Crippen LogP contribution is -2.38. The number of hydrogen-bond donors (Lipinski definition) is 2. The third-order valence-corrected chi connectivity index (χ3v) is 4.55. The molecule has 2 N–H and O–H groups in total. The van der Waals surface area contributed by atoms with Crippen LogP contribution in [0.3, 0.4) is 0 Å². The summed E-state index contributed by atoms with van der Waals surface area (Å²) in [5.41, 5.74) is 1.89. The van der Waals surface area contributed by atoms with Crippen LogP contribution in [-0.4, -0.2) is 23.8 Å². The number of carbonyl (C=O) groups excluding carboxylic acids is 1. The molecule has 1 aliphatic carbocycles. The smallest absolute Gasteiger partial charge is 0.407 e. The molecule has 1 fully saturated rings. The van der Waals surface area contributed by atoms with Gasteiger partial charge in [0.15, 0.2) is 0 Å². The minimum atomic E-state index is -0.450. The van der Waals surface area contributed by atoms with E-state index in [0.717, 1.165) is 29.4 Å². The zero-order valence-corrected chi connectivity index (χ0v) is 15.3. The summed E-state index contributed by atoms with van der Waals surface area (Å²) in [6.45, 7) is 7.70. The molecule has 1 aromatic rings. The summed E-state index contributed by atoms with van der Waals surface area (Å²) in [7, 11) is 0. The Morgan fingerprint density at radius 3 is 2.59 bits per heavy atom. The Bertz CT molecular complexity index is 540. The maximum atomic E-state index is 11.8. The summed E-state index contributed by atoms with van der Waals surface area (Å²) >= 11 is 3.55. The molecule has 22 heavy (non-hydrogen) atoms. The number of amides is 1. The van der Waals surface area contributed by atoms with Crippen LogP contribution in [0, 0.1) is 6.92 Å². The number of hydrogen-bond acceptors (Lipinski definition) is 3. The van der Waals surface area contributed by atoms with Crippen molar-refractivity contribution in [1.29, 1.82) is 0 Å². The average Bonchev–Trinajstić information content (AvgIpc) is 2.78. The number of rotatable bonds is 3. The normalized spacial score (nSPS) is 21.5. The predicted octanol–water partition coefficient (Wildman–Crippen LogP) is 4.62. The zero-order chi connectivity index (χ0) is 16.3. The fourth-order valence-corrected chi connectivity index (χ4v) is 3.02. The van der Waals surface area contributed by atoms with Crippen molar-refractivity contribution in [3.8, 4) is 0 Å². The molecule has 0 aliphatic heterocycles. The first-order valence-electron chi connectivity index (χ1n) is 7.75. The molecule has 1 amide bonds. The first-order valence-corrected chi connectivity index (χ1v) is 8.54. The van der Waals surface area contributed by atoms with Crippen LogP contribution in [0.25, 0.3) is 0 Å². The van der Waals surface area contributed by atoms with Crippen LogP contribution < -0.4 is 10.6 Å². The number of halogens is 1. The maximum Gasteiger partial charge on any atom is 0.407 e. The number of alkyl carbamates (subject to hydrolysis) is 1. The van der Waals surface area contributed by atoms with E-state index in [2.05, 4.69) is 51.7 Å². The van der Waals surface area contributed by atoms with Gasteiger partial charge in [-0.1, -0.05) is 22.0 Å². The minimum Gasteiger partial charge on any atom is -0.444 e. The highest BCUT2D eigenvalue weighted by Gasteiger charge is 2.27. The van der Waals surface area contributed by atoms with E-state index in [-0.39, 0.29) is 12.1 Å². The molecular formula is C17H25BrN2O2. The van der Waals surface area contributed by atoms with E-state index >= 15 is 0 Å². The Balaban J connectivity index is 1.82. The average molecular weight is 369 g/mol. The van der Waals surface area contributed by atoms with Gasteiger partial charge in [0.05, 0.1) is 0 Å². The molecule has 5 heteroatoms. The molecule has 4 nitrogen and oxygen atoms in total. The molecule has 1 aromatic carbocycles. The van der Waals surface area contributed by atoms with Crippen LogP contribution in [0.2, 0.25) is 0 Å². The van der Waals surface area contributed by atoms with E-state index in [1.807, 2.05) is 20.8 Å². The molecule has 0 bridgehead atoms. The summed E-state index contributed by atoms with van der Waals surface area (Å²) in [4.78, 5) is 11.8. The Morgan fingerprint density at radius 2 is 1.95 bits per heavy atom. The number of nitrogens with one attached hydrogen (secondary N) is 2. The zero-order valence-electron chi connectivity index (χ0n) is 13.7. The SMILES string of the molecule is Cc1ccc(NC2CCC(NC(=O)OC(C)(C)C)C2)cc1Br. The standard InChI is InChI=1S/C17H25BrN2O2/c1-11-5-6-14(10-15(11)18)19-12-7-8-13(9-12)20-16(21)22-17(2,3)4/h5-6,10,12-13,19H,7-9H2,1-4H3,(H,20,21). The fourth-order valence-electron chi connectivity index (χ4n) is 2.64. The topological polar surface area (TPSA) is 50.4 Å². The predicted molar refractivity (Wildman–Crippen MR) is 93.3 cm³/mol. The number of aryl methyl sites for hydroxylation is 1. The van der Waals surface area contributed by atoms with Gasteiger partial charge in [-0.05, 0) is 64.7 Å². The minimum absolute atomic E-state index is 0.182. The van der Waals surface area contributed by atoms with Gasteiger partial charge in [-0.3, -0.25) is 0 Å². The van der Waals surface area contributed by atoms with E-state index in [0.29, 0.717) is 6.04 Å². The molecule has 1 saturated carbocycles. The Morgan fingerprint density at radius 1 is 1.27 bits per heavy atom. The molecule has 122 valence electrons. The lowest BCUT2D eigenvalue weighted by atomic mass is 10.2. The van der Waals surface area contributed by atoms with E-state index in [4.69, 9.17) is 4.74 Å². The Hall–Kier alpha value is -1.23. The summed E-state index contributed by atoms with van der Waals surface area (Å²) in [6.07, 6.45) is 2.62. The quantitative estimate of drug-likeness (QED) is 0.818. The van der Waals surface area contributed by atoms with Gasteiger partial charge >= 0.3 is 6.09 Å². The van der Waals surface area contributed by atoms with E-state index < -0.39 is 5.60 Å². The summed E-state index contributed by atoms with van der Waals surface area (Å²) in [5.74, 6) is 0. The third-order valence-electron chi connectivity index (χ3n) is 3.70. The molecule has 0 radical (unpaired) electrons. The van der Waals surface area contributed by atoms with E-state index in [1.54, 1.807) is 0 Å². The number of carbonyl (C=O) groups is 1. The van der Waals surface area contributed by atoms with Gasteiger partial charge in [-0.25, -0.2) is 4.79 Å². The summed E-state index contributed by atoms with van der Waals surface area (Å²) in [6, 6.07) is 6.85. The molecular weight excluding hydrogens is 344 g/mol. The summed E-state index contributed by atoms with van der Waals surface area (Å²) < 4.78 is 6.42. The van der Waals surface area contributed by atoms with Crippen LogP contribution in [-0.2, 0) is 4.74 Å². The van der Waals surface area contributed by atoms with Crippen molar-refractivity contribution in [2.45, 2.75) is 64.6 Å². The van der Waals surface area contributed by atoms with Gasteiger partial charge in [0.25, 0.3) is 0 Å². The van der Waals surface area contributed by atoms with Crippen LogP contribution in [0.15, 0.2) is 22.7 Å². The first kappa shape index (κ1) is 17.1. The van der Waals surface area contributed by atoms with Gasteiger partial charge in [0.1, 0.15) is 5.60 Å². The largest absolute Gasteiger partial charge is 0.444 e. The molecule has 1 aliphatic rings. The maximum absolute atomic E-state index is 11.8. The van der Waals surface area contributed by atoms with E-state index in [1.165, 1.54) is 5.56 Å². The molecule has 0 heterocycles. The Kier molecular flexibility index (Phi) is 5.37. The second kappa shape index (κ2) is 6.90. The van der Waals surface area contributed by atoms with Crippen molar-refractivity contribution in [2.75, 3.05) is 5.32 Å². The molecule has 2 rings (SSSR count). The van der Waals surface area contributed by atoms with E-state index in [9.17, 15) is 4.79 Å². The van der Waals surface area contributed by atoms with Crippen molar-refractivity contribution in [2.24, 2.45) is 0 Å². The van der Waals surface area contributed by atoms with Crippen molar-refractivity contribution in [3.05, 3.63) is 28.2 Å². The number of anilines is 1. The third kappa shape index (κ3) is 5.20. The van der Waals surface area contributed by atoms with Crippen molar-refractivity contribution in [3.63, 3.8) is 0 Å². The molecule has 0 spiro atoms. The molecule has 0 aromatic heterocycles. The number of ether oxygens (including phenoxy) is 1. The fraction of sp³-hybridized carbons (Fsp3) is 0.588. The lowest BCUT2D eigenvalue weighted by molar-refractivity contribution is 0.0505. The summed E-state index contributed by atoms with van der Waals surface area (Å²) in [5, 5.41) is 6.50. The second-order valence-corrected chi connectivity index (χ2v) is 7.82. The van der Waals surface area contributed by atoms with Crippen LogP contribution in [0.5, 0.6) is 0 Å². The molecule has 2 unspecified atom stereocenters. The van der Waals surface area contributed by atoms with Gasteiger partial charge < -0.3 is 15.4 Å². The number of benzene rings is 1. The highest BCUT2D eigenvalue weighted by Crippen LogP contribution is 2.26. The van der Waals surface area contributed by atoms with Gasteiger partial charge in [0, 0.05) is 22.2 Å². The Labute approximate surface area is 141 Å². The van der Waals surface area contributed by atoms with Crippen molar-refractivity contribution >= 4 is 27.7 Å². The highest BCUT2D eigenvalue weighted by atomic mass is 79.9. The second-order valence-electron chi connectivity index (χ2n) is 6.96. The van der Waals surface area contributed by atoms with Crippen molar-refractivity contribution < 1.29 is 9.53 Å². The molecule has 0 saturated heterocycles. The van der Waals surface area contributed by atoms with Gasteiger partial charge in [-0.15, -0.1) is 0 Å². The highest BCUT2D eigenvalue weighted by molar-refractivity contribution is 9.10. The van der Waals surface area contributed by atoms with Crippen LogP contribution in [0.1, 0.15) is 45.6 Å². The van der Waals surface area contributed by atoms with Gasteiger partial charge in [-0.2, -0.15) is 0 Å². The monoisotopic (exact) mass is 368 g/mol. The van der Waals surface area contributed by atoms with Gasteiger partial charge in [0.2, 0.25) is 0 Å². The lowest BCUT2D eigenvalue weighted by Gasteiger charge is -2.22.